The number of sulfone groups is 1. The highest BCUT2D eigenvalue weighted by Gasteiger charge is 2.29. The minimum absolute atomic E-state index is 0.0732. The van der Waals surface area contributed by atoms with Gasteiger partial charge in [0.05, 0.1) is 11.0 Å². The quantitative estimate of drug-likeness (QED) is 0.431. The molecule has 158 valence electrons. The van der Waals surface area contributed by atoms with Gasteiger partial charge in [-0.15, -0.1) is 0 Å². The second-order valence-electron chi connectivity index (χ2n) is 7.92. The molecule has 1 aliphatic carbocycles. The zero-order valence-corrected chi connectivity index (χ0v) is 19.0. The summed E-state index contributed by atoms with van der Waals surface area (Å²) in [6, 6.07) is 4.69. The van der Waals surface area contributed by atoms with Gasteiger partial charge in [0, 0.05) is 28.7 Å². The van der Waals surface area contributed by atoms with Crippen LogP contribution in [0.1, 0.15) is 57.9 Å². The van der Waals surface area contributed by atoms with Crippen molar-refractivity contribution >= 4 is 39.0 Å². The van der Waals surface area contributed by atoms with Crippen molar-refractivity contribution in [2.45, 2.75) is 63.4 Å². The molecule has 0 spiro atoms. The van der Waals surface area contributed by atoms with E-state index in [0.29, 0.717) is 22.8 Å². The minimum Gasteiger partial charge on any atom is -0.299 e. The van der Waals surface area contributed by atoms with Gasteiger partial charge < -0.3 is 0 Å². The number of Topliss-reactive ketones (excluding diaryl/α,β-unsaturated/α-hetero) is 1. The van der Waals surface area contributed by atoms with Crippen LogP contribution in [0, 0.1) is 17.7 Å². The summed E-state index contributed by atoms with van der Waals surface area (Å²) in [7, 11) is -3.01. The van der Waals surface area contributed by atoms with Crippen LogP contribution in [-0.4, -0.2) is 31.0 Å². The van der Waals surface area contributed by atoms with E-state index >= 15 is 0 Å². The average Bonchev–Trinajstić information content (AvgIpc) is 2.63. The molecule has 1 saturated carbocycles. The average molecular weight is 449 g/mol. The first kappa shape index (κ1) is 23.7. The predicted octanol–water partition coefficient (Wildman–Crippen LogP) is 5.69. The van der Waals surface area contributed by atoms with Gasteiger partial charge in [-0.25, -0.2) is 12.8 Å². The molecule has 7 heteroatoms. The molecule has 0 bridgehead atoms. The van der Waals surface area contributed by atoms with Crippen molar-refractivity contribution in [3.63, 3.8) is 0 Å². The molecule has 2 rings (SSSR count). The number of carbonyl (C=O) groups excluding carboxylic acids is 1. The van der Waals surface area contributed by atoms with Gasteiger partial charge in [-0.1, -0.05) is 17.7 Å². The van der Waals surface area contributed by atoms with Crippen molar-refractivity contribution < 1.29 is 17.6 Å². The Morgan fingerprint density at radius 3 is 2.54 bits per heavy atom. The molecule has 3 nitrogen and oxygen atoms in total. The lowest BCUT2D eigenvalue weighted by atomic mass is 9.80. The molecule has 1 aromatic carbocycles. The Labute approximate surface area is 177 Å². The molecule has 1 fully saturated rings. The summed E-state index contributed by atoms with van der Waals surface area (Å²) >= 11 is 7.61. The molecule has 0 aromatic heterocycles. The van der Waals surface area contributed by atoms with Gasteiger partial charge in [-0.3, -0.25) is 4.79 Å². The number of carbonyl (C=O) groups is 1. The Kier molecular flexibility index (Phi) is 9.29. The predicted molar refractivity (Wildman–Crippen MR) is 116 cm³/mol. The topological polar surface area (TPSA) is 51.2 Å². The van der Waals surface area contributed by atoms with Crippen molar-refractivity contribution in [3.05, 3.63) is 34.6 Å². The van der Waals surface area contributed by atoms with Crippen LogP contribution in [0.25, 0.3) is 0 Å². The third kappa shape index (κ3) is 7.03. The van der Waals surface area contributed by atoms with Gasteiger partial charge in [0.2, 0.25) is 0 Å². The molecule has 0 saturated heterocycles. The molecular weight excluding hydrogens is 419 g/mol. The van der Waals surface area contributed by atoms with Crippen molar-refractivity contribution in [3.8, 4) is 0 Å². The first-order valence-corrected chi connectivity index (χ1v) is 13.2. The largest absolute Gasteiger partial charge is 0.299 e. The lowest BCUT2D eigenvalue weighted by Crippen LogP contribution is -2.28. The highest BCUT2D eigenvalue weighted by atomic mass is 35.5. The third-order valence-corrected chi connectivity index (χ3v) is 9.31. The van der Waals surface area contributed by atoms with Crippen LogP contribution in [0.15, 0.2) is 18.2 Å². The molecule has 0 amide bonds. The SMILES string of the molecule is CC(C)S(=O)(=O)CC1CCC(C(=O)CCCSCc2c(F)cccc2Cl)CC1. The number of ketones is 1. The van der Waals surface area contributed by atoms with Crippen molar-refractivity contribution in [1.82, 2.24) is 0 Å². The van der Waals surface area contributed by atoms with E-state index in [1.165, 1.54) is 6.07 Å². The maximum Gasteiger partial charge on any atom is 0.152 e. The number of halogens is 2. The van der Waals surface area contributed by atoms with Gasteiger partial charge in [0.15, 0.2) is 9.84 Å². The summed E-state index contributed by atoms with van der Waals surface area (Å²) in [6.45, 7) is 3.45. The zero-order chi connectivity index (χ0) is 20.7. The minimum atomic E-state index is -3.01. The number of thioether (sulfide) groups is 1. The standard InChI is InChI=1S/C21H30ClFO3S2/c1-15(2)28(25,26)14-16-8-10-17(11-9-16)21(24)7-4-12-27-13-18-19(22)5-3-6-20(18)23/h3,5-6,15-17H,4,7-14H2,1-2H3. The second kappa shape index (κ2) is 11.0. The van der Waals surface area contributed by atoms with Crippen LogP contribution in [0.2, 0.25) is 5.02 Å². The Hall–Kier alpha value is -0.590. The Morgan fingerprint density at radius 2 is 1.93 bits per heavy atom. The molecule has 0 unspecified atom stereocenters. The Balaban J connectivity index is 1.65. The van der Waals surface area contributed by atoms with Crippen LogP contribution < -0.4 is 0 Å². The fourth-order valence-electron chi connectivity index (χ4n) is 3.57. The molecule has 0 aliphatic heterocycles. The van der Waals surface area contributed by atoms with E-state index in [1.54, 1.807) is 37.7 Å². The van der Waals surface area contributed by atoms with E-state index in [1.807, 2.05) is 0 Å². The van der Waals surface area contributed by atoms with Gasteiger partial charge in [-0.05, 0) is 69.8 Å². The monoisotopic (exact) mass is 448 g/mol. The Bertz CT molecular complexity index is 737. The van der Waals surface area contributed by atoms with Crippen LogP contribution >= 0.6 is 23.4 Å². The van der Waals surface area contributed by atoms with Gasteiger partial charge in [0.25, 0.3) is 0 Å². The van der Waals surface area contributed by atoms with Crippen molar-refractivity contribution in [2.75, 3.05) is 11.5 Å². The highest BCUT2D eigenvalue weighted by Crippen LogP contribution is 2.32. The van der Waals surface area contributed by atoms with E-state index in [9.17, 15) is 17.6 Å². The summed E-state index contributed by atoms with van der Waals surface area (Å²) in [5, 5.41) is 0.114. The Morgan fingerprint density at radius 1 is 1.25 bits per heavy atom. The molecule has 28 heavy (non-hydrogen) atoms. The maximum atomic E-state index is 13.7. The summed E-state index contributed by atoms with van der Waals surface area (Å²) in [5.74, 6) is 1.82. The van der Waals surface area contributed by atoms with Crippen LogP contribution in [-0.2, 0) is 20.4 Å². The molecule has 0 heterocycles. The van der Waals surface area contributed by atoms with E-state index in [2.05, 4.69) is 0 Å². The maximum absolute atomic E-state index is 13.7. The van der Waals surface area contributed by atoms with Crippen LogP contribution in [0.3, 0.4) is 0 Å². The summed E-state index contributed by atoms with van der Waals surface area (Å²) in [5.41, 5.74) is 0.523. The number of hydrogen-bond acceptors (Lipinski definition) is 4. The number of rotatable bonds is 10. The third-order valence-electron chi connectivity index (χ3n) is 5.51. The first-order chi connectivity index (χ1) is 13.2. The molecule has 1 aromatic rings. The summed E-state index contributed by atoms with van der Waals surface area (Å²) in [4.78, 5) is 12.4. The highest BCUT2D eigenvalue weighted by molar-refractivity contribution is 7.98. The molecule has 0 N–H and O–H groups in total. The van der Waals surface area contributed by atoms with Gasteiger partial charge >= 0.3 is 0 Å². The van der Waals surface area contributed by atoms with Crippen LogP contribution in [0.4, 0.5) is 4.39 Å². The van der Waals surface area contributed by atoms with Crippen LogP contribution in [0.5, 0.6) is 0 Å². The number of hydrogen-bond donors (Lipinski definition) is 0. The summed E-state index contributed by atoms with van der Waals surface area (Å²) < 4.78 is 37.8. The zero-order valence-electron chi connectivity index (χ0n) is 16.6. The van der Waals surface area contributed by atoms with Gasteiger partial charge in [-0.2, -0.15) is 11.8 Å². The van der Waals surface area contributed by atoms with E-state index in [4.69, 9.17) is 11.6 Å². The molecular formula is C21H30ClFO3S2. The van der Waals surface area contributed by atoms with Crippen molar-refractivity contribution in [2.24, 2.45) is 11.8 Å². The lowest BCUT2D eigenvalue weighted by Gasteiger charge is -2.28. The number of benzene rings is 1. The van der Waals surface area contributed by atoms with E-state index < -0.39 is 9.84 Å². The van der Waals surface area contributed by atoms with E-state index in [0.717, 1.165) is 37.9 Å². The molecule has 0 radical (unpaired) electrons. The van der Waals surface area contributed by atoms with Gasteiger partial charge in [0.1, 0.15) is 11.6 Å². The van der Waals surface area contributed by atoms with E-state index in [-0.39, 0.29) is 34.4 Å². The second-order valence-corrected chi connectivity index (χ2v) is 12.0. The first-order valence-electron chi connectivity index (χ1n) is 9.95. The smallest absolute Gasteiger partial charge is 0.152 e. The summed E-state index contributed by atoms with van der Waals surface area (Å²) in [6.07, 6.45) is 4.56. The molecule has 1 aliphatic rings. The fraction of sp³-hybridized carbons (Fsp3) is 0.667. The van der Waals surface area contributed by atoms with Crippen molar-refractivity contribution in [1.29, 1.82) is 0 Å². The normalized spacial score (nSPS) is 20.5. The fourth-order valence-corrected chi connectivity index (χ4v) is 6.24. The lowest BCUT2D eigenvalue weighted by molar-refractivity contribution is -0.124. The molecule has 0 atom stereocenters.